The van der Waals surface area contributed by atoms with Crippen LogP contribution in [-0.4, -0.2) is 15.5 Å². The van der Waals surface area contributed by atoms with Gasteiger partial charge in [0, 0.05) is 0 Å². The standard InChI is InChI=1S/C8H10NO2S.Li/c1-7-5-3-4-6-8(7)12(10,11)9-2;/h3-6,9H,1H2,2H3;/q-1;+1. The van der Waals surface area contributed by atoms with Crippen molar-refractivity contribution in [1.82, 2.24) is 4.72 Å². The van der Waals surface area contributed by atoms with Gasteiger partial charge in [0.2, 0.25) is 0 Å². The molecule has 0 amide bonds. The van der Waals surface area contributed by atoms with Crippen LogP contribution in [0.5, 0.6) is 0 Å². The van der Waals surface area contributed by atoms with E-state index in [1.54, 1.807) is 18.2 Å². The molecule has 1 aromatic carbocycles. The van der Waals surface area contributed by atoms with Gasteiger partial charge in [0.15, 0.2) is 10.0 Å². The van der Waals surface area contributed by atoms with Gasteiger partial charge in [-0.1, -0.05) is 12.1 Å². The molecule has 0 heterocycles. The van der Waals surface area contributed by atoms with E-state index in [4.69, 9.17) is 0 Å². The van der Waals surface area contributed by atoms with E-state index < -0.39 is 10.0 Å². The molecule has 13 heavy (non-hydrogen) atoms. The first-order chi connectivity index (χ1) is 5.58. The fraction of sp³-hybridized carbons (Fsp3) is 0.125. The topological polar surface area (TPSA) is 46.2 Å². The Morgan fingerprint density at radius 1 is 1.31 bits per heavy atom. The Morgan fingerprint density at radius 2 is 1.85 bits per heavy atom. The summed E-state index contributed by atoms with van der Waals surface area (Å²) in [6.07, 6.45) is 0. The molecule has 1 rings (SSSR count). The van der Waals surface area contributed by atoms with E-state index in [-0.39, 0.29) is 23.8 Å². The molecule has 0 aromatic heterocycles. The molecule has 0 radical (unpaired) electrons. The molecule has 0 aliphatic heterocycles. The Bertz CT molecular complexity index is 375. The number of hydrogen-bond donors (Lipinski definition) is 1. The maximum Gasteiger partial charge on any atom is 1.00 e. The van der Waals surface area contributed by atoms with E-state index in [1.165, 1.54) is 13.1 Å². The third-order valence-corrected chi connectivity index (χ3v) is 3.05. The summed E-state index contributed by atoms with van der Waals surface area (Å²) < 4.78 is 24.8. The molecule has 0 atom stereocenters. The predicted molar refractivity (Wildman–Crippen MR) is 47.1 cm³/mol. The van der Waals surface area contributed by atoms with Gasteiger partial charge in [-0.05, 0) is 11.9 Å². The summed E-state index contributed by atoms with van der Waals surface area (Å²) >= 11 is 0. The Morgan fingerprint density at radius 3 is 2.31 bits per heavy atom. The predicted octanol–water partition coefficient (Wildman–Crippen LogP) is -2.22. The SMILES string of the molecule is [CH2-]c1ccccc1S(=O)(=O)NC.[Li+]. The fourth-order valence-corrected chi connectivity index (χ4v) is 1.77. The summed E-state index contributed by atoms with van der Waals surface area (Å²) in [6.45, 7) is 3.62. The number of hydrogen-bond acceptors (Lipinski definition) is 2. The minimum absolute atomic E-state index is 0. The molecule has 0 saturated carbocycles. The number of benzene rings is 1. The first-order valence-electron chi connectivity index (χ1n) is 3.42. The molecule has 1 aromatic rings. The van der Waals surface area contributed by atoms with Crippen LogP contribution in [0.4, 0.5) is 0 Å². The average molecular weight is 191 g/mol. The van der Waals surface area contributed by atoms with Gasteiger partial charge in [-0.2, -0.15) is 18.6 Å². The second kappa shape index (κ2) is 4.73. The Hall–Kier alpha value is -0.403. The molecule has 0 aliphatic rings. The summed E-state index contributed by atoms with van der Waals surface area (Å²) in [6, 6.07) is 6.59. The number of rotatable bonds is 2. The van der Waals surface area contributed by atoms with Crippen LogP contribution in [-0.2, 0) is 10.0 Å². The molecule has 0 unspecified atom stereocenters. The van der Waals surface area contributed by atoms with E-state index in [0.29, 0.717) is 5.56 Å². The van der Waals surface area contributed by atoms with Crippen molar-refractivity contribution in [2.24, 2.45) is 0 Å². The van der Waals surface area contributed by atoms with Gasteiger partial charge in [-0.25, -0.2) is 13.1 Å². The molecule has 1 N–H and O–H groups in total. The second-order valence-electron chi connectivity index (χ2n) is 2.32. The van der Waals surface area contributed by atoms with E-state index in [9.17, 15) is 8.42 Å². The largest absolute Gasteiger partial charge is 1.00 e. The fourth-order valence-electron chi connectivity index (χ4n) is 0.876. The van der Waals surface area contributed by atoms with Crippen molar-refractivity contribution in [3.05, 3.63) is 36.8 Å². The van der Waals surface area contributed by atoms with E-state index in [1.807, 2.05) is 0 Å². The Labute approximate surface area is 90.8 Å². The first kappa shape index (κ1) is 12.6. The van der Waals surface area contributed by atoms with Gasteiger partial charge in [0.05, 0.1) is 0 Å². The summed E-state index contributed by atoms with van der Waals surface area (Å²) in [7, 11) is -1.96. The Kier molecular flexibility index (Phi) is 4.58. The summed E-state index contributed by atoms with van der Waals surface area (Å²) in [5.41, 5.74) is 0.506. The summed E-state index contributed by atoms with van der Waals surface area (Å²) in [5, 5.41) is 0. The molecular formula is C8H10LiNO2S. The molecule has 0 spiro atoms. The van der Waals surface area contributed by atoms with Crippen molar-refractivity contribution in [3.63, 3.8) is 0 Å². The zero-order chi connectivity index (χ0) is 9.19. The van der Waals surface area contributed by atoms with Crippen LogP contribution in [0, 0.1) is 6.92 Å². The van der Waals surface area contributed by atoms with Crippen LogP contribution in [0.1, 0.15) is 5.56 Å². The minimum Gasteiger partial charge on any atom is -0.224 e. The molecule has 0 fully saturated rings. The van der Waals surface area contributed by atoms with Crippen molar-refractivity contribution < 1.29 is 27.3 Å². The van der Waals surface area contributed by atoms with Crippen LogP contribution in [0.15, 0.2) is 29.2 Å². The molecule has 0 saturated heterocycles. The maximum atomic E-state index is 11.3. The van der Waals surface area contributed by atoms with Gasteiger partial charge < -0.3 is 0 Å². The first-order valence-corrected chi connectivity index (χ1v) is 4.91. The van der Waals surface area contributed by atoms with Crippen LogP contribution < -0.4 is 23.6 Å². The normalized spacial score (nSPS) is 10.5. The summed E-state index contributed by atoms with van der Waals surface area (Å²) in [5.74, 6) is 0. The minimum atomic E-state index is -3.34. The molecule has 66 valence electrons. The van der Waals surface area contributed by atoms with E-state index in [0.717, 1.165) is 0 Å². The average Bonchev–Trinajstić information content (AvgIpc) is 2.05. The van der Waals surface area contributed by atoms with Crippen molar-refractivity contribution >= 4 is 10.0 Å². The van der Waals surface area contributed by atoms with E-state index in [2.05, 4.69) is 11.6 Å². The van der Waals surface area contributed by atoms with Crippen molar-refractivity contribution in [2.75, 3.05) is 7.05 Å². The molecule has 0 aliphatic carbocycles. The Balaban J connectivity index is 0.00000144. The molecule has 3 nitrogen and oxygen atoms in total. The van der Waals surface area contributed by atoms with E-state index >= 15 is 0 Å². The quantitative estimate of drug-likeness (QED) is 0.425. The van der Waals surface area contributed by atoms with Gasteiger partial charge in [-0.15, -0.1) is 6.07 Å². The third-order valence-electron chi connectivity index (χ3n) is 1.53. The number of nitrogens with one attached hydrogen (secondary N) is 1. The number of sulfonamides is 1. The summed E-state index contributed by atoms with van der Waals surface area (Å²) in [4.78, 5) is 0.229. The monoisotopic (exact) mass is 191 g/mol. The van der Waals surface area contributed by atoms with Gasteiger partial charge in [0.1, 0.15) is 0 Å². The molecule has 5 heteroatoms. The van der Waals surface area contributed by atoms with Crippen molar-refractivity contribution in [2.45, 2.75) is 4.90 Å². The van der Waals surface area contributed by atoms with Crippen LogP contribution >= 0.6 is 0 Å². The van der Waals surface area contributed by atoms with Gasteiger partial charge in [0.25, 0.3) is 0 Å². The maximum absolute atomic E-state index is 11.3. The third kappa shape index (κ3) is 2.78. The van der Waals surface area contributed by atoms with Crippen LogP contribution in [0.25, 0.3) is 0 Å². The van der Waals surface area contributed by atoms with Gasteiger partial charge in [-0.3, -0.25) is 0 Å². The molecular weight excluding hydrogens is 181 g/mol. The zero-order valence-corrected chi connectivity index (χ0v) is 8.56. The van der Waals surface area contributed by atoms with Crippen molar-refractivity contribution in [3.8, 4) is 0 Å². The zero-order valence-electron chi connectivity index (χ0n) is 7.74. The smallest absolute Gasteiger partial charge is 0.224 e. The van der Waals surface area contributed by atoms with Crippen LogP contribution in [0.2, 0.25) is 0 Å². The van der Waals surface area contributed by atoms with Gasteiger partial charge >= 0.3 is 18.9 Å². The molecule has 0 bridgehead atoms. The second-order valence-corrected chi connectivity index (χ2v) is 4.17. The van der Waals surface area contributed by atoms with Crippen LogP contribution in [0.3, 0.4) is 0 Å². The van der Waals surface area contributed by atoms with Crippen molar-refractivity contribution in [1.29, 1.82) is 0 Å².